The van der Waals surface area contributed by atoms with Crippen molar-refractivity contribution < 1.29 is 9.90 Å². The van der Waals surface area contributed by atoms with Crippen molar-refractivity contribution in [2.45, 2.75) is 45.1 Å². The maximum absolute atomic E-state index is 11.5. The predicted molar refractivity (Wildman–Crippen MR) is 71.2 cm³/mol. The molecule has 1 unspecified atom stereocenters. The molecule has 0 aliphatic rings. The molecule has 4 heteroatoms. The Labute approximate surface area is 107 Å². The molecule has 1 aromatic heterocycles. The summed E-state index contributed by atoms with van der Waals surface area (Å²) in [6.45, 7) is 3.98. The molecular weight excluding hydrogens is 234 g/mol. The monoisotopic (exact) mass is 255 g/mol. The summed E-state index contributed by atoms with van der Waals surface area (Å²) in [5.74, 6) is 0.0234. The average molecular weight is 255 g/mol. The van der Waals surface area contributed by atoms with Gasteiger partial charge in [0, 0.05) is 17.8 Å². The average Bonchev–Trinajstić information content (AvgIpc) is 2.80. The predicted octanol–water partition coefficient (Wildman–Crippen LogP) is 2.35. The molecule has 1 heterocycles. The molecule has 0 bridgehead atoms. The summed E-state index contributed by atoms with van der Waals surface area (Å²) in [5.41, 5.74) is -0.788. The molecule has 0 aliphatic heterocycles. The molecule has 1 aromatic rings. The van der Waals surface area contributed by atoms with E-state index >= 15 is 0 Å². The van der Waals surface area contributed by atoms with E-state index in [-0.39, 0.29) is 5.91 Å². The summed E-state index contributed by atoms with van der Waals surface area (Å²) < 4.78 is 0. The number of hydrogen-bond acceptors (Lipinski definition) is 3. The molecule has 0 radical (unpaired) electrons. The van der Waals surface area contributed by atoms with Crippen LogP contribution in [0.2, 0.25) is 0 Å². The molecular formula is C13H21NO2S. The van der Waals surface area contributed by atoms with Gasteiger partial charge in [0.05, 0.1) is 5.60 Å². The van der Waals surface area contributed by atoms with Crippen molar-refractivity contribution in [3.8, 4) is 0 Å². The van der Waals surface area contributed by atoms with Gasteiger partial charge in [-0.2, -0.15) is 0 Å². The maximum Gasteiger partial charge on any atom is 0.220 e. The number of aliphatic hydroxyl groups is 1. The second-order valence-corrected chi connectivity index (χ2v) is 5.59. The van der Waals surface area contributed by atoms with Gasteiger partial charge >= 0.3 is 0 Å². The van der Waals surface area contributed by atoms with Crippen LogP contribution in [0.1, 0.15) is 38.0 Å². The lowest BCUT2D eigenvalue weighted by atomic mass is 10.0. The van der Waals surface area contributed by atoms with E-state index in [0.717, 1.165) is 12.8 Å². The molecule has 1 rings (SSSR count). The Morgan fingerprint density at radius 3 is 2.94 bits per heavy atom. The van der Waals surface area contributed by atoms with Crippen LogP contribution in [0.25, 0.3) is 0 Å². The number of hydrogen-bond donors (Lipinski definition) is 2. The molecule has 96 valence electrons. The second kappa shape index (κ2) is 6.77. The lowest BCUT2D eigenvalue weighted by Crippen LogP contribution is -2.40. The van der Waals surface area contributed by atoms with Crippen LogP contribution in [-0.4, -0.2) is 23.2 Å². The number of aryl methyl sites for hydroxylation is 1. The van der Waals surface area contributed by atoms with E-state index in [1.807, 2.05) is 18.4 Å². The summed E-state index contributed by atoms with van der Waals surface area (Å²) in [5, 5.41) is 14.6. The highest BCUT2D eigenvalue weighted by Crippen LogP contribution is 2.12. The van der Waals surface area contributed by atoms with Gasteiger partial charge < -0.3 is 10.4 Å². The quantitative estimate of drug-likeness (QED) is 0.785. The van der Waals surface area contributed by atoms with Crippen molar-refractivity contribution in [3.63, 3.8) is 0 Å². The molecule has 17 heavy (non-hydrogen) atoms. The van der Waals surface area contributed by atoms with Crippen LogP contribution < -0.4 is 5.32 Å². The van der Waals surface area contributed by atoms with Crippen molar-refractivity contribution in [3.05, 3.63) is 22.4 Å². The SMILES string of the molecule is CCC(C)(O)CNC(=O)CCCc1cccs1. The first kappa shape index (κ1) is 14.2. The van der Waals surface area contributed by atoms with Crippen LogP contribution in [0.5, 0.6) is 0 Å². The molecule has 1 amide bonds. The van der Waals surface area contributed by atoms with Crippen LogP contribution in [0.3, 0.4) is 0 Å². The van der Waals surface area contributed by atoms with Crippen LogP contribution in [0, 0.1) is 0 Å². The third-order valence-corrected chi connectivity index (χ3v) is 3.77. The van der Waals surface area contributed by atoms with E-state index in [1.54, 1.807) is 18.3 Å². The molecule has 3 nitrogen and oxygen atoms in total. The molecule has 0 spiro atoms. The van der Waals surface area contributed by atoms with E-state index in [2.05, 4.69) is 11.4 Å². The zero-order valence-corrected chi connectivity index (χ0v) is 11.3. The van der Waals surface area contributed by atoms with Gasteiger partial charge in [0.25, 0.3) is 0 Å². The Morgan fingerprint density at radius 2 is 2.35 bits per heavy atom. The Hall–Kier alpha value is -0.870. The normalized spacial score (nSPS) is 14.3. The zero-order valence-electron chi connectivity index (χ0n) is 10.5. The van der Waals surface area contributed by atoms with Gasteiger partial charge in [0.15, 0.2) is 0 Å². The minimum atomic E-state index is -0.788. The van der Waals surface area contributed by atoms with Gasteiger partial charge in [-0.05, 0) is 37.6 Å². The lowest BCUT2D eigenvalue weighted by Gasteiger charge is -2.21. The molecule has 0 saturated heterocycles. The van der Waals surface area contributed by atoms with E-state index in [1.165, 1.54) is 4.88 Å². The van der Waals surface area contributed by atoms with E-state index in [9.17, 15) is 9.90 Å². The summed E-state index contributed by atoms with van der Waals surface area (Å²) >= 11 is 1.72. The first-order valence-corrected chi connectivity index (χ1v) is 6.93. The van der Waals surface area contributed by atoms with Crippen molar-refractivity contribution >= 4 is 17.2 Å². The summed E-state index contributed by atoms with van der Waals surface area (Å²) in [4.78, 5) is 12.8. The van der Waals surface area contributed by atoms with Crippen LogP contribution >= 0.6 is 11.3 Å². The van der Waals surface area contributed by atoms with Gasteiger partial charge in [-0.1, -0.05) is 13.0 Å². The fraction of sp³-hybridized carbons (Fsp3) is 0.615. The first-order chi connectivity index (χ1) is 8.03. The second-order valence-electron chi connectivity index (χ2n) is 4.56. The Bertz CT molecular complexity index is 333. The maximum atomic E-state index is 11.5. The summed E-state index contributed by atoms with van der Waals surface area (Å²) in [6, 6.07) is 4.11. The van der Waals surface area contributed by atoms with E-state index in [0.29, 0.717) is 19.4 Å². The molecule has 2 N–H and O–H groups in total. The van der Waals surface area contributed by atoms with Gasteiger partial charge in [-0.15, -0.1) is 11.3 Å². The fourth-order valence-electron chi connectivity index (χ4n) is 1.38. The van der Waals surface area contributed by atoms with Gasteiger partial charge in [0.1, 0.15) is 0 Å². The number of carbonyl (C=O) groups excluding carboxylic acids is 1. The standard InChI is InChI=1S/C13H21NO2S/c1-3-13(2,16)10-14-12(15)8-4-6-11-7-5-9-17-11/h5,7,9,16H,3-4,6,8,10H2,1-2H3,(H,14,15). The summed E-state index contributed by atoms with van der Waals surface area (Å²) in [7, 11) is 0. The molecule has 0 saturated carbocycles. The largest absolute Gasteiger partial charge is 0.388 e. The van der Waals surface area contributed by atoms with Crippen molar-refractivity contribution in [2.24, 2.45) is 0 Å². The van der Waals surface area contributed by atoms with Crippen molar-refractivity contribution in [2.75, 3.05) is 6.54 Å². The highest BCUT2D eigenvalue weighted by Gasteiger charge is 2.17. The first-order valence-electron chi connectivity index (χ1n) is 6.05. The van der Waals surface area contributed by atoms with Crippen molar-refractivity contribution in [1.29, 1.82) is 0 Å². The topological polar surface area (TPSA) is 49.3 Å². The zero-order chi connectivity index (χ0) is 12.7. The highest BCUT2D eigenvalue weighted by molar-refractivity contribution is 7.09. The minimum absolute atomic E-state index is 0.0234. The van der Waals surface area contributed by atoms with Gasteiger partial charge in [-0.3, -0.25) is 4.79 Å². The smallest absolute Gasteiger partial charge is 0.220 e. The lowest BCUT2D eigenvalue weighted by molar-refractivity contribution is -0.122. The Balaban J connectivity index is 2.13. The van der Waals surface area contributed by atoms with E-state index in [4.69, 9.17) is 0 Å². The Kier molecular flexibility index (Phi) is 5.65. The molecule has 0 aliphatic carbocycles. The fourth-order valence-corrected chi connectivity index (χ4v) is 2.13. The van der Waals surface area contributed by atoms with Gasteiger partial charge in [0.2, 0.25) is 5.91 Å². The van der Waals surface area contributed by atoms with Gasteiger partial charge in [-0.25, -0.2) is 0 Å². The summed E-state index contributed by atoms with van der Waals surface area (Å²) in [6.07, 6.45) is 2.98. The number of carbonyl (C=O) groups is 1. The van der Waals surface area contributed by atoms with Crippen molar-refractivity contribution in [1.82, 2.24) is 5.32 Å². The number of amides is 1. The number of nitrogens with one attached hydrogen (secondary N) is 1. The third kappa shape index (κ3) is 5.84. The number of rotatable bonds is 7. The molecule has 0 aromatic carbocycles. The minimum Gasteiger partial charge on any atom is -0.388 e. The third-order valence-electron chi connectivity index (χ3n) is 2.84. The molecule has 1 atom stereocenters. The Morgan fingerprint density at radius 1 is 1.59 bits per heavy atom. The van der Waals surface area contributed by atoms with E-state index < -0.39 is 5.60 Å². The highest BCUT2D eigenvalue weighted by atomic mass is 32.1. The van der Waals surface area contributed by atoms with Crippen LogP contribution in [-0.2, 0) is 11.2 Å². The van der Waals surface area contributed by atoms with Crippen LogP contribution in [0.4, 0.5) is 0 Å². The van der Waals surface area contributed by atoms with Crippen LogP contribution in [0.15, 0.2) is 17.5 Å². The number of thiophene rings is 1. The molecule has 0 fully saturated rings.